The number of carbonyl (C=O) groups excluding carboxylic acids is 4. The Kier molecular flexibility index (Phi) is 15.1. The van der Waals surface area contributed by atoms with Crippen LogP contribution < -0.4 is 0 Å². The molecule has 26 atom stereocenters. The fourth-order valence-electron chi connectivity index (χ4n) is 17.8. The van der Waals surface area contributed by atoms with Crippen molar-refractivity contribution in [1.29, 1.82) is 0 Å². The summed E-state index contributed by atoms with van der Waals surface area (Å²) in [5, 5.41) is 123. The van der Waals surface area contributed by atoms with Crippen LogP contribution in [0.4, 0.5) is 0 Å². The molecule has 0 radical (unpaired) electrons. The molecule has 4 bridgehead atoms. The van der Waals surface area contributed by atoms with E-state index in [0.29, 0.717) is 64.2 Å². The van der Waals surface area contributed by atoms with E-state index in [-0.39, 0.29) is 36.5 Å². The van der Waals surface area contributed by atoms with E-state index in [1.54, 1.807) is 0 Å². The number of carbonyl (C=O) groups is 4. The molecule has 0 aromatic rings. The lowest BCUT2D eigenvalue weighted by Crippen LogP contribution is -2.61. The highest BCUT2D eigenvalue weighted by molar-refractivity contribution is 5.80. The Morgan fingerprint density at radius 2 is 0.892 bits per heavy atom. The Bertz CT molecular complexity index is 1970. The van der Waals surface area contributed by atoms with Gasteiger partial charge in [0.15, 0.2) is 12.6 Å². The summed E-state index contributed by atoms with van der Waals surface area (Å²) in [5.74, 6) is -2.76. The molecular weight excluding hydrogens is 977 g/mol. The molecule has 4 saturated heterocycles. The van der Waals surface area contributed by atoms with Crippen LogP contribution in [0.25, 0.3) is 0 Å². The zero-order valence-electron chi connectivity index (χ0n) is 42.7. The molecule has 4 aliphatic heterocycles. The molecular formula is C52H80O22. The summed E-state index contributed by atoms with van der Waals surface area (Å²) >= 11 is 0. The van der Waals surface area contributed by atoms with Crippen molar-refractivity contribution in [2.24, 2.45) is 68.0 Å². The van der Waals surface area contributed by atoms with E-state index in [4.69, 9.17) is 28.4 Å². The third kappa shape index (κ3) is 8.40. The van der Waals surface area contributed by atoms with Gasteiger partial charge in [0.25, 0.3) is 0 Å². The van der Waals surface area contributed by atoms with Crippen molar-refractivity contribution >= 4 is 24.5 Å². The van der Waals surface area contributed by atoms with E-state index in [9.17, 15) is 80.5 Å². The fraction of sp³-hybridized carbons (Fsp3) is 0.923. The van der Waals surface area contributed by atoms with Crippen LogP contribution in [0.1, 0.15) is 118 Å². The molecule has 0 amide bonds. The van der Waals surface area contributed by atoms with Gasteiger partial charge in [-0.2, -0.15) is 0 Å². The van der Waals surface area contributed by atoms with E-state index < -0.39 is 168 Å². The first-order valence-electron chi connectivity index (χ1n) is 26.7. The van der Waals surface area contributed by atoms with Gasteiger partial charge < -0.3 is 99.3 Å². The van der Waals surface area contributed by atoms with E-state index in [1.807, 2.05) is 27.7 Å². The normalized spacial score (nSPS) is 55.6. The average Bonchev–Trinajstić information content (AvgIpc) is 3.97. The number of aliphatic hydroxyl groups excluding tert-OH is 10. The second-order valence-electron chi connectivity index (χ2n) is 25.4. The molecule has 10 fully saturated rings. The third-order valence-corrected chi connectivity index (χ3v) is 21.4. The summed E-state index contributed by atoms with van der Waals surface area (Å²) in [6.45, 7) is 5.66. The van der Waals surface area contributed by atoms with Gasteiger partial charge in [0, 0.05) is 22.7 Å². The maximum atomic E-state index is 13.3. The summed E-state index contributed by atoms with van der Waals surface area (Å²) in [6, 6.07) is 0. The molecule has 6 saturated carbocycles. The summed E-state index contributed by atoms with van der Waals surface area (Å²) < 4.78 is 34.7. The molecule has 4 heterocycles. The first-order chi connectivity index (χ1) is 34.8. The van der Waals surface area contributed by atoms with Crippen molar-refractivity contribution in [3.05, 3.63) is 0 Å². The Morgan fingerprint density at radius 1 is 0.527 bits per heavy atom. The van der Waals surface area contributed by atoms with Crippen LogP contribution >= 0.6 is 0 Å². The predicted molar refractivity (Wildman–Crippen MR) is 249 cm³/mol. The monoisotopic (exact) mass is 1060 g/mol. The van der Waals surface area contributed by atoms with Crippen molar-refractivity contribution in [3.8, 4) is 0 Å². The molecule has 6 aliphatic carbocycles. The van der Waals surface area contributed by atoms with Gasteiger partial charge in [-0.1, -0.05) is 26.7 Å². The number of esters is 2. The fourth-order valence-corrected chi connectivity index (χ4v) is 17.8. The lowest BCUT2D eigenvalue weighted by Gasteiger charge is -2.56. The highest BCUT2D eigenvalue weighted by Crippen LogP contribution is 2.71. The van der Waals surface area contributed by atoms with E-state index in [1.165, 1.54) is 0 Å². The minimum absolute atomic E-state index is 0.154. The van der Waals surface area contributed by atoms with Crippen molar-refractivity contribution in [3.63, 3.8) is 0 Å². The highest BCUT2D eigenvalue weighted by Gasteiger charge is 2.73. The number of aliphatic hydroxyl groups is 12. The molecule has 12 N–H and O–H groups in total. The largest absolute Gasteiger partial charge is 0.435 e. The van der Waals surface area contributed by atoms with Crippen LogP contribution in [0.5, 0.6) is 0 Å². The average molecular weight is 1060 g/mol. The highest BCUT2D eigenvalue weighted by atomic mass is 16.8. The van der Waals surface area contributed by atoms with E-state index in [2.05, 4.69) is 0 Å². The minimum atomic E-state index is -1.65. The second kappa shape index (κ2) is 19.8. The summed E-state index contributed by atoms with van der Waals surface area (Å²) in [6.07, 6.45) is -7.73. The van der Waals surface area contributed by atoms with Crippen LogP contribution in [-0.4, -0.2) is 197 Å². The zero-order valence-corrected chi connectivity index (χ0v) is 42.7. The maximum Gasteiger partial charge on any atom is 0.314 e. The molecule has 10 aliphatic rings. The first kappa shape index (κ1) is 56.4. The van der Waals surface area contributed by atoms with Crippen molar-refractivity contribution in [2.45, 2.75) is 203 Å². The Morgan fingerprint density at radius 3 is 1.22 bits per heavy atom. The van der Waals surface area contributed by atoms with Gasteiger partial charge in [0.05, 0.1) is 48.5 Å². The number of cyclic esters (lactones) is 2. The van der Waals surface area contributed by atoms with Gasteiger partial charge in [-0.3, -0.25) is 9.59 Å². The van der Waals surface area contributed by atoms with Gasteiger partial charge in [-0.15, -0.1) is 0 Å². The van der Waals surface area contributed by atoms with Crippen molar-refractivity contribution in [2.75, 3.05) is 26.4 Å². The van der Waals surface area contributed by atoms with Gasteiger partial charge in [0.2, 0.25) is 12.6 Å². The summed E-state index contributed by atoms with van der Waals surface area (Å²) in [5.41, 5.74) is -7.51. The minimum Gasteiger partial charge on any atom is -0.435 e. The number of rotatable bonds is 12. The lowest BCUT2D eigenvalue weighted by atomic mass is 9.46. The number of hydrogen-bond acceptors (Lipinski definition) is 22. The van der Waals surface area contributed by atoms with Gasteiger partial charge in [0.1, 0.15) is 61.4 Å². The molecule has 22 heteroatoms. The molecule has 0 aromatic heterocycles. The standard InChI is InChI=1S/2C26H40O11/c2*1-23(15-5-4-13-8-25(15,11-28)10-26(13,34)12-29)6-3-7-24(2)19(23)21(37-22(24)33)36-20-18(32)17(31)16(30)14(9-27)35-20/h2*11,13-21,27,29-32,34H,3-10,12H2,1-2H3/t2*13-,14-,15+,16-,17+,18-,19+,20+,21+,23+,24-,25+,26+/m11/s1. The molecule has 22 nitrogen and oxygen atoms in total. The molecule has 10 rings (SSSR count). The van der Waals surface area contributed by atoms with Crippen LogP contribution in [-0.2, 0) is 47.6 Å². The lowest BCUT2D eigenvalue weighted by molar-refractivity contribution is -0.340. The predicted octanol–water partition coefficient (Wildman–Crippen LogP) is -1.55. The molecule has 74 heavy (non-hydrogen) atoms. The molecule has 0 aromatic carbocycles. The number of hydrogen-bond donors (Lipinski definition) is 12. The summed E-state index contributed by atoms with van der Waals surface area (Å²) in [4.78, 5) is 51.9. The van der Waals surface area contributed by atoms with Crippen LogP contribution in [0.2, 0.25) is 0 Å². The topological polar surface area (TPSA) is 366 Å². The molecule has 420 valence electrons. The van der Waals surface area contributed by atoms with Crippen molar-refractivity contribution < 1.29 is 109 Å². The van der Waals surface area contributed by atoms with Gasteiger partial charge in [-0.25, -0.2) is 0 Å². The molecule has 0 spiro atoms. The Hall–Kier alpha value is -2.36. The van der Waals surface area contributed by atoms with E-state index >= 15 is 0 Å². The number of ether oxygens (including phenoxy) is 6. The van der Waals surface area contributed by atoms with Crippen LogP contribution in [0.3, 0.4) is 0 Å². The number of fused-ring (bicyclic) bond motifs is 6. The van der Waals surface area contributed by atoms with Gasteiger partial charge in [-0.05, 0) is 125 Å². The maximum absolute atomic E-state index is 13.3. The second-order valence-corrected chi connectivity index (χ2v) is 25.4. The number of aldehydes is 2. The van der Waals surface area contributed by atoms with Crippen molar-refractivity contribution in [1.82, 2.24) is 0 Å². The quantitative estimate of drug-likeness (QED) is 0.0778. The van der Waals surface area contributed by atoms with Gasteiger partial charge >= 0.3 is 11.9 Å². The third-order valence-electron chi connectivity index (χ3n) is 21.4. The smallest absolute Gasteiger partial charge is 0.314 e. The molecule has 0 unspecified atom stereocenters. The van der Waals surface area contributed by atoms with Crippen LogP contribution in [0, 0.1) is 68.0 Å². The van der Waals surface area contributed by atoms with E-state index in [0.717, 1.165) is 25.4 Å². The first-order valence-corrected chi connectivity index (χ1v) is 26.7. The summed E-state index contributed by atoms with van der Waals surface area (Å²) in [7, 11) is 0. The Labute approximate surface area is 429 Å². The van der Waals surface area contributed by atoms with Crippen LogP contribution in [0.15, 0.2) is 0 Å². The SMILES string of the molecule is C[C@@]1([C@@H]2CC[C@@H]3C[C@@]2(C=O)C[C@]3(O)CO)CCC[C@@]2(C)C(=O)O[C@H](O[C@@H]3O[C@H](CO)[C@@H](O)[C@H](O)[C@H]3O)[C@@H]12.C[C@@]1([C@@H]2CC[C@@H]3C[C@@]2(C=O)C[C@]3(O)CO)CCC[C@@]2(C)C(=O)O[C@H](O[C@@H]3O[C@H](CO)[C@@H](O)[C@H](O)[C@H]3O)[C@@H]12. The Balaban J connectivity index is 0.000000182. The zero-order chi connectivity index (χ0) is 53.9.